The third kappa shape index (κ3) is 10.6. The summed E-state index contributed by atoms with van der Waals surface area (Å²) < 4.78 is 11.0. The molecule has 0 spiro atoms. The Labute approximate surface area is 153 Å². The van der Waals surface area contributed by atoms with E-state index in [2.05, 4.69) is 29.5 Å². The molecule has 1 rings (SSSR count). The van der Waals surface area contributed by atoms with Gasteiger partial charge in [0.25, 0.3) is 0 Å². The first kappa shape index (κ1) is 21.9. The Morgan fingerprint density at radius 1 is 1.09 bits per heavy atom. The first-order valence-corrected chi connectivity index (χ1v) is 8.44. The fraction of sp³-hybridized carbons (Fsp3) is 0.938. The van der Waals surface area contributed by atoms with Gasteiger partial charge in [0, 0.05) is 26.2 Å². The molecule has 1 fully saturated rings. The fourth-order valence-corrected chi connectivity index (χ4v) is 2.29. The van der Waals surface area contributed by atoms with E-state index >= 15 is 0 Å². The van der Waals surface area contributed by atoms with Gasteiger partial charge in [-0.25, -0.2) is 0 Å². The minimum absolute atomic E-state index is 0. The number of hydrogen-bond acceptors (Lipinski definition) is 3. The third-order valence-electron chi connectivity index (χ3n) is 3.68. The SMILES string of the molecule is CCCCOCCOCCNC(=NC)NC1CC1CCC.I. The van der Waals surface area contributed by atoms with E-state index in [4.69, 9.17) is 9.47 Å². The highest BCUT2D eigenvalue weighted by molar-refractivity contribution is 14.0. The lowest BCUT2D eigenvalue weighted by Gasteiger charge is -2.12. The standard InChI is InChI=1S/C16H33N3O2.HI/c1-4-6-9-20-11-12-21-10-8-18-16(17-3)19-15-13-14(15)7-5-2;/h14-15H,4-13H2,1-3H3,(H2,17,18,19);1H. The van der Waals surface area contributed by atoms with Crippen molar-refractivity contribution in [2.45, 2.75) is 52.0 Å². The van der Waals surface area contributed by atoms with E-state index in [1.807, 2.05) is 7.05 Å². The normalized spacial score (nSPS) is 20.4. The number of hydrogen-bond donors (Lipinski definition) is 2. The zero-order valence-corrected chi connectivity index (χ0v) is 16.7. The molecule has 2 N–H and O–H groups in total. The maximum absolute atomic E-state index is 5.52. The van der Waals surface area contributed by atoms with E-state index in [1.54, 1.807) is 0 Å². The lowest BCUT2D eigenvalue weighted by atomic mass is 10.2. The van der Waals surface area contributed by atoms with Gasteiger partial charge in [0.05, 0.1) is 19.8 Å². The van der Waals surface area contributed by atoms with Crippen LogP contribution in [0, 0.1) is 5.92 Å². The second-order valence-corrected chi connectivity index (χ2v) is 5.61. The summed E-state index contributed by atoms with van der Waals surface area (Å²) in [5, 5.41) is 6.75. The highest BCUT2D eigenvalue weighted by atomic mass is 127. The van der Waals surface area contributed by atoms with Crippen LogP contribution in [0.1, 0.15) is 46.0 Å². The van der Waals surface area contributed by atoms with Crippen LogP contribution in [0.5, 0.6) is 0 Å². The largest absolute Gasteiger partial charge is 0.379 e. The van der Waals surface area contributed by atoms with E-state index < -0.39 is 0 Å². The van der Waals surface area contributed by atoms with Crippen LogP contribution in [0.25, 0.3) is 0 Å². The fourth-order valence-electron chi connectivity index (χ4n) is 2.29. The average molecular weight is 427 g/mol. The summed E-state index contributed by atoms with van der Waals surface area (Å²) in [6.07, 6.45) is 6.17. The zero-order valence-electron chi connectivity index (χ0n) is 14.4. The first-order valence-electron chi connectivity index (χ1n) is 8.44. The summed E-state index contributed by atoms with van der Waals surface area (Å²) >= 11 is 0. The topological polar surface area (TPSA) is 54.9 Å². The number of nitrogens with zero attached hydrogens (tertiary/aromatic N) is 1. The molecule has 1 saturated carbocycles. The van der Waals surface area contributed by atoms with Crippen LogP contribution in [-0.2, 0) is 9.47 Å². The molecule has 2 atom stereocenters. The maximum Gasteiger partial charge on any atom is 0.191 e. The molecular formula is C16H34IN3O2. The van der Waals surface area contributed by atoms with Gasteiger partial charge >= 0.3 is 0 Å². The molecule has 0 heterocycles. The summed E-state index contributed by atoms with van der Waals surface area (Å²) in [6.45, 7) is 8.06. The number of rotatable bonds is 12. The predicted octanol–water partition coefficient (Wildman–Crippen LogP) is 2.79. The molecule has 5 nitrogen and oxygen atoms in total. The van der Waals surface area contributed by atoms with Gasteiger partial charge in [-0.15, -0.1) is 24.0 Å². The van der Waals surface area contributed by atoms with Gasteiger partial charge in [-0.05, 0) is 25.2 Å². The van der Waals surface area contributed by atoms with Crippen molar-refractivity contribution in [1.82, 2.24) is 10.6 Å². The number of unbranched alkanes of at least 4 members (excludes halogenated alkanes) is 1. The maximum atomic E-state index is 5.52. The van der Waals surface area contributed by atoms with Gasteiger partial charge in [-0.2, -0.15) is 0 Å². The van der Waals surface area contributed by atoms with Gasteiger partial charge in [-0.1, -0.05) is 26.7 Å². The number of guanidine groups is 1. The molecule has 2 unspecified atom stereocenters. The molecule has 0 aliphatic heterocycles. The highest BCUT2D eigenvalue weighted by Crippen LogP contribution is 2.34. The van der Waals surface area contributed by atoms with Crippen LogP contribution < -0.4 is 10.6 Å². The first-order chi connectivity index (χ1) is 10.3. The van der Waals surface area contributed by atoms with Crippen LogP contribution in [0.15, 0.2) is 4.99 Å². The highest BCUT2D eigenvalue weighted by Gasteiger charge is 2.36. The number of ether oxygens (including phenoxy) is 2. The minimum Gasteiger partial charge on any atom is -0.379 e. The number of halogens is 1. The lowest BCUT2D eigenvalue weighted by Crippen LogP contribution is -2.40. The van der Waals surface area contributed by atoms with Crippen LogP contribution in [0.2, 0.25) is 0 Å². The van der Waals surface area contributed by atoms with Crippen molar-refractivity contribution in [3.05, 3.63) is 0 Å². The van der Waals surface area contributed by atoms with Gasteiger partial charge in [0.15, 0.2) is 5.96 Å². The van der Waals surface area contributed by atoms with Gasteiger partial charge in [-0.3, -0.25) is 4.99 Å². The molecular weight excluding hydrogens is 393 g/mol. The van der Waals surface area contributed by atoms with E-state index in [-0.39, 0.29) is 24.0 Å². The van der Waals surface area contributed by atoms with Crippen molar-refractivity contribution in [3.8, 4) is 0 Å². The molecule has 0 saturated heterocycles. The molecule has 1 aliphatic rings. The predicted molar refractivity (Wildman–Crippen MR) is 103 cm³/mol. The zero-order chi connectivity index (χ0) is 15.3. The Morgan fingerprint density at radius 2 is 1.82 bits per heavy atom. The Balaban J connectivity index is 0.00000441. The monoisotopic (exact) mass is 427 g/mol. The molecule has 22 heavy (non-hydrogen) atoms. The summed E-state index contributed by atoms with van der Waals surface area (Å²) in [6, 6.07) is 0.615. The summed E-state index contributed by atoms with van der Waals surface area (Å²) in [5.74, 6) is 1.73. The lowest BCUT2D eigenvalue weighted by molar-refractivity contribution is 0.0487. The summed E-state index contributed by atoms with van der Waals surface area (Å²) in [7, 11) is 1.81. The number of nitrogens with one attached hydrogen (secondary N) is 2. The number of aliphatic imine (C=N–C) groups is 1. The molecule has 132 valence electrons. The molecule has 0 radical (unpaired) electrons. The Kier molecular flexibility index (Phi) is 14.5. The van der Waals surface area contributed by atoms with E-state index in [0.29, 0.717) is 25.9 Å². The molecule has 0 aromatic carbocycles. The second-order valence-electron chi connectivity index (χ2n) is 5.61. The van der Waals surface area contributed by atoms with E-state index in [0.717, 1.165) is 31.4 Å². The molecule has 1 aliphatic carbocycles. The Bertz CT molecular complexity index is 291. The van der Waals surface area contributed by atoms with Crippen molar-refractivity contribution in [1.29, 1.82) is 0 Å². The molecule has 6 heteroatoms. The van der Waals surface area contributed by atoms with Crippen molar-refractivity contribution < 1.29 is 9.47 Å². The van der Waals surface area contributed by atoms with E-state index in [1.165, 1.54) is 25.7 Å². The average Bonchev–Trinajstić information content (AvgIpc) is 3.22. The third-order valence-corrected chi connectivity index (χ3v) is 3.68. The van der Waals surface area contributed by atoms with Crippen LogP contribution in [0.4, 0.5) is 0 Å². The van der Waals surface area contributed by atoms with Crippen molar-refractivity contribution >= 4 is 29.9 Å². The summed E-state index contributed by atoms with van der Waals surface area (Å²) in [5.41, 5.74) is 0. The quantitative estimate of drug-likeness (QED) is 0.218. The van der Waals surface area contributed by atoms with Gasteiger partial charge in [0.1, 0.15) is 0 Å². The van der Waals surface area contributed by atoms with Crippen LogP contribution >= 0.6 is 24.0 Å². The molecule has 0 bridgehead atoms. The molecule has 0 amide bonds. The molecule has 0 aromatic rings. The van der Waals surface area contributed by atoms with Gasteiger partial charge < -0.3 is 20.1 Å². The minimum atomic E-state index is 0. The van der Waals surface area contributed by atoms with Crippen molar-refractivity contribution in [2.75, 3.05) is 40.0 Å². The smallest absolute Gasteiger partial charge is 0.191 e. The van der Waals surface area contributed by atoms with Crippen LogP contribution in [-0.4, -0.2) is 52.0 Å². The summed E-state index contributed by atoms with van der Waals surface area (Å²) in [4.78, 5) is 4.24. The van der Waals surface area contributed by atoms with Crippen LogP contribution in [0.3, 0.4) is 0 Å². The Morgan fingerprint density at radius 3 is 2.45 bits per heavy atom. The van der Waals surface area contributed by atoms with Gasteiger partial charge in [0.2, 0.25) is 0 Å². The Hall–Kier alpha value is -0.0800. The van der Waals surface area contributed by atoms with Crippen molar-refractivity contribution in [3.63, 3.8) is 0 Å². The van der Waals surface area contributed by atoms with E-state index in [9.17, 15) is 0 Å². The van der Waals surface area contributed by atoms with Crippen molar-refractivity contribution in [2.24, 2.45) is 10.9 Å². The second kappa shape index (κ2) is 14.5. The molecule has 0 aromatic heterocycles.